The van der Waals surface area contributed by atoms with Gasteiger partial charge in [-0.1, -0.05) is 35.5 Å². The van der Waals surface area contributed by atoms with E-state index in [0.29, 0.717) is 12.2 Å². The average Bonchev–Trinajstić information content (AvgIpc) is 3.15. The van der Waals surface area contributed by atoms with Crippen molar-refractivity contribution in [3.8, 4) is 11.3 Å². The molecule has 0 unspecified atom stereocenters. The molecule has 0 aliphatic rings. The Morgan fingerprint density at radius 1 is 1.33 bits per heavy atom. The SMILES string of the molecule is Cc1cc(C(=O)NCc2nc(-c3ccccc3)cs2)on1. The molecule has 0 saturated heterocycles. The summed E-state index contributed by atoms with van der Waals surface area (Å²) in [5, 5.41) is 9.28. The summed E-state index contributed by atoms with van der Waals surface area (Å²) >= 11 is 1.51. The molecule has 0 saturated carbocycles. The van der Waals surface area contributed by atoms with Crippen LogP contribution < -0.4 is 5.32 Å². The molecule has 106 valence electrons. The number of aromatic nitrogens is 2. The van der Waals surface area contributed by atoms with Gasteiger partial charge in [0.05, 0.1) is 17.9 Å². The molecular formula is C15H13N3O2S. The molecule has 3 rings (SSSR count). The van der Waals surface area contributed by atoms with Gasteiger partial charge in [-0.3, -0.25) is 4.79 Å². The van der Waals surface area contributed by atoms with Gasteiger partial charge < -0.3 is 9.84 Å². The molecule has 1 amide bonds. The Hall–Kier alpha value is -2.47. The molecule has 0 aliphatic heterocycles. The number of hydrogen-bond acceptors (Lipinski definition) is 5. The van der Waals surface area contributed by atoms with Gasteiger partial charge in [-0.2, -0.15) is 0 Å². The zero-order valence-corrected chi connectivity index (χ0v) is 12.2. The van der Waals surface area contributed by atoms with E-state index in [1.54, 1.807) is 13.0 Å². The molecule has 2 aromatic heterocycles. The van der Waals surface area contributed by atoms with E-state index >= 15 is 0 Å². The molecule has 1 aromatic carbocycles. The Labute approximate surface area is 125 Å². The van der Waals surface area contributed by atoms with Crippen LogP contribution in [0.15, 0.2) is 46.3 Å². The van der Waals surface area contributed by atoms with Gasteiger partial charge in [0.15, 0.2) is 0 Å². The number of amides is 1. The van der Waals surface area contributed by atoms with Crippen molar-refractivity contribution in [3.63, 3.8) is 0 Å². The second-order valence-corrected chi connectivity index (χ2v) is 5.45. The lowest BCUT2D eigenvalue weighted by atomic mass is 10.2. The fourth-order valence-electron chi connectivity index (χ4n) is 1.85. The molecular weight excluding hydrogens is 286 g/mol. The molecule has 2 heterocycles. The Balaban J connectivity index is 1.64. The van der Waals surface area contributed by atoms with Gasteiger partial charge in [-0.15, -0.1) is 11.3 Å². The van der Waals surface area contributed by atoms with Crippen LogP contribution in [0.25, 0.3) is 11.3 Å². The van der Waals surface area contributed by atoms with Crippen molar-refractivity contribution in [2.24, 2.45) is 0 Å². The van der Waals surface area contributed by atoms with Crippen LogP contribution in [0.3, 0.4) is 0 Å². The molecule has 5 nitrogen and oxygen atoms in total. The maximum Gasteiger partial charge on any atom is 0.290 e. The molecule has 3 aromatic rings. The number of thiazole rings is 1. The highest BCUT2D eigenvalue weighted by molar-refractivity contribution is 7.09. The van der Waals surface area contributed by atoms with Gasteiger partial charge in [-0.25, -0.2) is 4.98 Å². The number of nitrogens with one attached hydrogen (secondary N) is 1. The van der Waals surface area contributed by atoms with E-state index in [9.17, 15) is 4.79 Å². The Kier molecular flexibility index (Phi) is 3.79. The lowest BCUT2D eigenvalue weighted by Gasteiger charge is -1.99. The second kappa shape index (κ2) is 5.88. The van der Waals surface area contributed by atoms with Crippen molar-refractivity contribution in [1.82, 2.24) is 15.5 Å². The standard InChI is InChI=1S/C15H13N3O2S/c1-10-7-13(20-18-10)15(19)16-8-14-17-12(9-21-14)11-5-3-2-4-6-11/h2-7,9H,8H2,1H3,(H,16,19). The summed E-state index contributed by atoms with van der Waals surface area (Å²) in [5.74, 6) is -0.0700. The predicted molar refractivity (Wildman–Crippen MR) is 80.0 cm³/mol. The maximum absolute atomic E-state index is 11.8. The highest BCUT2D eigenvalue weighted by Gasteiger charge is 2.12. The first-order chi connectivity index (χ1) is 10.2. The normalized spacial score (nSPS) is 10.5. The van der Waals surface area contributed by atoms with Gasteiger partial charge in [-0.05, 0) is 6.92 Å². The summed E-state index contributed by atoms with van der Waals surface area (Å²) in [6.07, 6.45) is 0. The summed E-state index contributed by atoms with van der Waals surface area (Å²) in [6.45, 7) is 2.14. The molecule has 21 heavy (non-hydrogen) atoms. The average molecular weight is 299 g/mol. The van der Waals surface area contributed by atoms with E-state index in [4.69, 9.17) is 4.52 Å². The zero-order chi connectivity index (χ0) is 14.7. The maximum atomic E-state index is 11.8. The minimum absolute atomic E-state index is 0.215. The van der Waals surface area contributed by atoms with Crippen molar-refractivity contribution < 1.29 is 9.32 Å². The van der Waals surface area contributed by atoms with E-state index in [2.05, 4.69) is 15.5 Å². The Bertz CT molecular complexity index is 749. The molecule has 0 atom stereocenters. The quantitative estimate of drug-likeness (QED) is 0.804. The van der Waals surface area contributed by atoms with Gasteiger partial charge in [0, 0.05) is 17.0 Å². The minimum atomic E-state index is -0.285. The predicted octanol–water partition coefficient (Wildman–Crippen LogP) is 3.04. The zero-order valence-electron chi connectivity index (χ0n) is 11.4. The second-order valence-electron chi connectivity index (χ2n) is 4.51. The fraction of sp³-hybridized carbons (Fsp3) is 0.133. The number of carbonyl (C=O) groups excluding carboxylic acids is 1. The molecule has 0 aliphatic carbocycles. The van der Waals surface area contributed by atoms with Gasteiger partial charge in [0.1, 0.15) is 5.01 Å². The van der Waals surface area contributed by atoms with E-state index in [1.165, 1.54) is 11.3 Å². The van der Waals surface area contributed by atoms with Crippen molar-refractivity contribution >= 4 is 17.2 Å². The summed E-state index contributed by atoms with van der Waals surface area (Å²) in [7, 11) is 0. The van der Waals surface area contributed by atoms with Crippen LogP contribution in [-0.2, 0) is 6.54 Å². The first kappa shape index (κ1) is 13.5. The van der Waals surface area contributed by atoms with Crippen LogP contribution >= 0.6 is 11.3 Å². The van der Waals surface area contributed by atoms with E-state index in [-0.39, 0.29) is 11.7 Å². The Morgan fingerprint density at radius 2 is 2.14 bits per heavy atom. The number of benzene rings is 1. The third-order valence-corrected chi connectivity index (χ3v) is 3.72. The van der Waals surface area contributed by atoms with E-state index in [0.717, 1.165) is 16.3 Å². The van der Waals surface area contributed by atoms with Crippen molar-refractivity contribution in [3.05, 3.63) is 58.2 Å². The lowest BCUT2D eigenvalue weighted by Crippen LogP contribution is -2.22. The third-order valence-electron chi connectivity index (χ3n) is 2.87. The van der Waals surface area contributed by atoms with E-state index in [1.807, 2.05) is 35.7 Å². The van der Waals surface area contributed by atoms with Crippen LogP contribution in [-0.4, -0.2) is 16.0 Å². The van der Waals surface area contributed by atoms with Gasteiger partial charge in [0.25, 0.3) is 5.91 Å². The smallest absolute Gasteiger partial charge is 0.290 e. The Morgan fingerprint density at radius 3 is 2.86 bits per heavy atom. The molecule has 0 bridgehead atoms. The number of rotatable bonds is 4. The summed E-state index contributed by atoms with van der Waals surface area (Å²) in [6, 6.07) is 11.5. The summed E-state index contributed by atoms with van der Waals surface area (Å²) in [5.41, 5.74) is 2.67. The van der Waals surface area contributed by atoms with Gasteiger partial charge >= 0.3 is 0 Å². The minimum Gasteiger partial charge on any atom is -0.351 e. The summed E-state index contributed by atoms with van der Waals surface area (Å²) in [4.78, 5) is 16.3. The van der Waals surface area contributed by atoms with Crippen molar-refractivity contribution in [2.75, 3.05) is 0 Å². The number of carbonyl (C=O) groups is 1. The first-order valence-corrected chi connectivity index (χ1v) is 7.31. The monoisotopic (exact) mass is 299 g/mol. The highest BCUT2D eigenvalue weighted by Crippen LogP contribution is 2.21. The first-order valence-electron chi connectivity index (χ1n) is 6.44. The topological polar surface area (TPSA) is 68.0 Å². The largest absolute Gasteiger partial charge is 0.351 e. The van der Waals surface area contributed by atoms with Crippen LogP contribution in [0, 0.1) is 6.92 Å². The van der Waals surface area contributed by atoms with Crippen molar-refractivity contribution in [1.29, 1.82) is 0 Å². The number of nitrogens with zero attached hydrogens (tertiary/aromatic N) is 2. The van der Waals surface area contributed by atoms with E-state index < -0.39 is 0 Å². The molecule has 0 fully saturated rings. The van der Waals surface area contributed by atoms with Crippen LogP contribution in [0.5, 0.6) is 0 Å². The number of hydrogen-bond donors (Lipinski definition) is 1. The lowest BCUT2D eigenvalue weighted by molar-refractivity contribution is 0.0914. The molecule has 0 spiro atoms. The highest BCUT2D eigenvalue weighted by atomic mass is 32.1. The molecule has 1 N–H and O–H groups in total. The third kappa shape index (κ3) is 3.17. The molecule has 0 radical (unpaired) electrons. The van der Waals surface area contributed by atoms with Crippen LogP contribution in [0.4, 0.5) is 0 Å². The number of aryl methyl sites for hydroxylation is 1. The van der Waals surface area contributed by atoms with Crippen molar-refractivity contribution in [2.45, 2.75) is 13.5 Å². The van der Waals surface area contributed by atoms with Gasteiger partial charge in [0.2, 0.25) is 5.76 Å². The molecule has 6 heteroatoms. The summed E-state index contributed by atoms with van der Waals surface area (Å²) < 4.78 is 4.91. The van der Waals surface area contributed by atoms with Crippen LogP contribution in [0.2, 0.25) is 0 Å². The fourth-order valence-corrected chi connectivity index (χ4v) is 2.59. The van der Waals surface area contributed by atoms with Crippen LogP contribution in [0.1, 0.15) is 21.3 Å².